The normalized spacial score (nSPS) is 17.2. The molecule has 4 nitrogen and oxygen atoms in total. The summed E-state index contributed by atoms with van der Waals surface area (Å²) in [4.78, 5) is 10.6. The van der Waals surface area contributed by atoms with Crippen molar-refractivity contribution < 1.29 is 0 Å². The lowest BCUT2D eigenvalue weighted by molar-refractivity contribution is 0.147. The van der Waals surface area contributed by atoms with Gasteiger partial charge in [-0.2, -0.15) is 0 Å². The molecule has 3 rings (SSSR count). The lowest BCUT2D eigenvalue weighted by Crippen LogP contribution is -2.37. The van der Waals surface area contributed by atoms with Crippen molar-refractivity contribution in [2.75, 3.05) is 27.2 Å². The Labute approximate surface area is 158 Å². The zero-order valence-corrected chi connectivity index (χ0v) is 16.8. The summed E-state index contributed by atoms with van der Waals surface area (Å²) in [6.07, 6.45) is 12.0. The first-order valence-corrected chi connectivity index (χ1v) is 10.1. The summed E-state index contributed by atoms with van der Waals surface area (Å²) in [5.41, 5.74) is 4.11. The van der Waals surface area contributed by atoms with Crippen LogP contribution < -0.4 is 0 Å². The molecule has 1 unspecified atom stereocenters. The van der Waals surface area contributed by atoms with Crippen LogP contribution in [0, 0.1) is 0 Å². The Kier molecular flexibility index (Phi) is 6.25. The molecule has 0 fully saturated rings. The summed E-state index contributed by atoms with van der Waals surface area (Å²) in [7, 11) is 4.29. The molecule has 0 aliphatic carbocycles. The van der Waals surface area contributed by atoms with E-state index in [0.29, 0.717) is 6.17 Å². The molecule has 0 saturated carbocycles. The molecule has 26 heavy (non-hydrogen) atoms. The Hall–Kier alpha value is -1.94. The van der Waals surface area contributed by atoms with E-state index in [-0.39, 0.29) is 0 Å². The highest BCUT2D eigenvalue weighted by Gasteiger charge is 2.23. The molecular formula is C22H34N4. The van der Waals surface area contributed by atoms with Gasteiger partial charge in [0.05, 0.1) is 0 Å². The maximum Gasteiger partial charge on any atom is 0.101 e. The Bertz CT molecular complexity index is 731. The van der Waals surface area contributed by atoms with E-state index in [2.05, 4.69) is 84.4 Å². The van der Waals surface area contributed by atoms with Crippen LogP contribution in [0.25, 0.3) is 10.9 Å². The van der Waals surface area contributed by atoms with E-state index in [0.717, 1.165) is 25.9 Å². The van der Waals surface area contributed by atoms with Crippen LogP contribution in [0.4, 0.5) is 0 Å². The number of hydrogen-bond acceptors (Lipinski definition) is 3. The van der Waals surface area contributed by atoms with Crippen LogP contribution in [0.2, 0.25) is 0 Å². The number of unbranched alkanes of at least 4 members (excludes halogenated alkanes) is 1. The van der Waals surface area contributed by atoms with Gasteiger partial charge in [-0.05, 0) is 76.5 Å². The molecular weight excluding hydrogens is 320 g/mol. The van der Waals surface area contributed by atoms with Gasteiger partial charge in [-0.1, -0.05) is 13.0 Å². The molecule has 0 bridgehead atoms. The topological polar surface area (TPSA) is 25.5 Å². The molecule has 0 amide bonds. The molecule has 1 aliphatic heterocycles. The first-order valence-electron chi connectivity index (χ1n) is 10.1. The van der Waals surface area contributed by atoms with Crippen LogP contribution in [0.5, 0.6) is 0 Å². The summed E-state index contributed by atoms with van der Waals surface area (Å²) >= 11 is 0. The predicted octanol–water partition coefficient (Wildman–Crippen LogP) is 4.40. The van der Waals surface area contributed by atoms with Crippen molar-refractivity contribution in [1.82, 2.24) is 19.7 Å². The molecule has 4 heteroatoms. The third kappa shape index (κ3) is 4.24. The number of nitrogens with one attached hydrogen (secondary N) is 1. The van der Waals surface area contributed by atoms with Crippen molar-refractivity contribution in [1.29, 1.82) is 0 Å². The fourth-order valence-electron chi connectivity index (χ4n) is 3.99. The summed E-state index contributed by atoms with van der Waals surface area (Å²) in [6, 6.07) is 6.90. The molecule has 0 radical (unpaired) electrons. The molecule has 1 aromatic carbocycles. The van der Waals surface area contributed by atoms with Crippen molar-refractivity contribution in [3.05, 3.63) is 47.9 Å². The fraction of sp³-hybridized carbons (Fsp3) is 0.545. The van der Waals surface area contributed by atoms with Gasteiger partial charge in [0.25, 0.3) is 0 Å². The molecule has 2 heterocycles. The van der Waals surface area contributed by atoms with Crippen LogP contribution in [-0.4, -0.2) is 53.0 Å². The molecule has 1 aliphatic rings. The number of benzene rings is 1. The fourth-order valence-corrected chi connectivity index (χ4v) is 3.99. The maximum absolute atomic E-state index is 3.45. The SMILES string of the molecule is CCC1N(CC)C=CN1Cc1ccc2[nH]cc(CCCCN(C)C)c2c1. The first-order chi connectivity index (χ1) is 12.6. The molecule has 0 spiro atoms. The van der Waals surface area contributed by atoms with Crippen LogP contribution in [-0.2, 0) is 13.0 Å². The van der Waals surface area contributed by atoms with Gasteiger partial charge in [-0.3, -0.25) is 0 Å². The highest BCUT2D eigenvalue weighted by atomic mass is 15.4. The second-order valence-corrected chi connectivity index (χ2v) is 7.64. The lowest BCUT2D eigenvalue weighted by Gasteiger charge is -2.31. The minimum absolute atomic E-state index is 0.493. The summed E-state index contributed by atoms with van der Waals surface area (Å²) < 4.78 is 0. The van der Waals surface area contributed by atoms with E-state index in [1.165, 1.54) is 41.4 Å². The number of nitrogens with zero attached hydrogens (tertiary/aromatic N) is 3. The second kappa shape index (κ2) is 8.63. The molecule has 1 N–H and O–H groups in total. The third-order valence-corrected chi connectivity index (χ3v) is 5.44. The average Bonchev–Trinajstić information content (AvgIpc) is 3.21. The number of aromatic nitrogens is 1. The van der Waals surface area contributed by atoms with Gasteiger partial charge in [0.15, 0.2) is 0 Å². The minimum atomic E-state index is 0.493. The minimum Gasteiger partial charge on any atom is -0.361 e. The van der Waals surface area contributed by atoms with Gasteiger partial charge in [-0.15, -0.1) is 0 Å². The zero-order chi connectivity index (χ0) is 18.5. The van der Waals surface area contributed by atoms with E-state index < -0.39 is 0 Å². The lowest BCUT2D eigenvalue weighted by atomic mass is 10.0. The Morgan fingerprint density at radius 1 is 1.08 bits per heavy atom. The third-order valence-electron chi connectivity index (χ3n) is 5.44. The molecule has 2 aromatic rings. The van der Waals surface area contributed by atoms with Crippen molar-refractivity contribution in [2.24, 2.45) is 0 Å². The summed E-state index contributed by atoms with van der Waals surface area (Å²) in [5.74, 6) is 0. The monoisotopic (exact) mass is 354 g/mol. The maximum atomic E-state index is 3.45. The predicted molar refractivity (Wildman–Crippen MR) is 111 cm³/mol. The van der Waals surface area contributed by atoms with Crippen molar-refractivity contribution in [3.8, 4) is 0 Å². The smallest absolute Gasteiger partial charge is 0.101 e. The van der Waals surface area contributed by atoms with Crippen molar-refractivity contribution in [2.45, 2.75) is 52.2 Å². The van der Waals surface area contributed by atoms with Gasteiger partial charge < -0.3 is 19.7 Å². The molecule has 1 atom stereocenters. The van der Waals surface area contributed by atoms with Crippen molar-refractivity contribution >= 4 is 10.9 Å². The first kappa shape index (κ1) is 18.8. The van der Waals surface area contributed by atoms with Crippen LogP contribution in [0.1, 0.15) is 44.2 Å². The van der Waals surface area contributed by atoms with E-state index in [9.17, 15) is 0 Å². The molecule has 142 valence electrons. The average molecular weight is 355 g/mol. The van der Waals surface area contributed by atoms with Crippen LogP contribution >= 0.6 is 0 Å². The zero-order valence-electron chi connectivity index (χ0n) is 16.8. The van der Waals surface area contributed by atoms with Gasteiger partial charge in [0.2, 0.25) is 0 Å². The van der Waals surface area contributed by atoms with E-state index in [1.807, 2.05) is 0 Å². The highest BCUT2D eigenvalue weighted by Crippen LogP contribution is 2.25. The summed E-state index contributed by atoms with van der Waals surface area (Å²) in [5, 5.41) is 1.40. The number of aryl methyl sites for hydroxylation is 1. The number of aromatic amines is 1. The Morgan fingerprint density at radius 3 is 2.62 bits per heavy atom. The summed E-state index contributed by atoms with van der Waals surface area (Å²) in [6.45, 7) is 7.72. The quantitative estimate of drug-likeness (QED) is 0.676. The largest absolute Gasteiger partial charge is 0.361 e. The van der Waals surface area contributed by atoms with Gasteiger partial charge in [0, 0.05) is 42.6 Å². The van der Waals surface area contributed by atoms with Crippen molar-refractivity contribution in [3.63, 3.8) is 0 Å². The van der Waals surface area contributed by atoms with Crippen LogP contribution in [0.15, 0.2) is 36.8 Å². The standard InChI is InChI=1S/C22H34N4/c1-5-22-25(6-2)13-14-26(22)17-18-10-11-21-20(15-18)19(16-23-21)9-7-8-12-24(3)4/h10-11,13-16,22-23H,5-9,12,17H2,1-4H3. The van der Waals surface area contributed by atoms with Gasteiger partial charge >= 0.3 is 0 Å². The Balaban J connectivity index is 1.68. The number of fused-ring (bicyclic) bond motifs is 1. The number of hydrogen-bond donors (Lipinski definition) is 1. The highest BCUT2D eigenvalue weighted by molar-refractivity contribution is 5.83. The van der Waals surface area contributed by atoms with Crippen LogP contribution in [0.3, 0.4) is 0 Å². The van der Waals surface area contributed by atoms with E-state index >= 15 is 0 Å². The van der Waals surface area contributed by atoms with E-state index in [4.69, 9.17) is 0 Å². The molecule has 1 aromatic heterocycles. The van der Waals surface area contributed by atoms with Gasteiger partial charge in [0.1, 0.15) is 6.17 Å². The van der Waals surface area contributed by atoms with Gasteiger partial charge in [-0.25, -0.2) is 0 Å². The number of rotatable bonds is 9. The number of H-pyrrole nitrogens is 1. The Morgan fingerprint density at radius 2 is 1.88 bits per heavy atom. The molecule has 0 saturated heterocycles. The van der Waals surface area contributed by atoms with E-state index in [1.54, 1.807) is 0 Å². The second-order valence-electron chi connectivity index (χ2n) is 7.64.